The van der Waals surface area contributed by atoms with Gasteiger partial charge in [-0.15, -0.1) is 0 Å². The zero-order valence-electron chi connectivity index (χ0n) is 22.0. The molecular weight excluding hydrogens is 464 g/mol. The molecule has 0 fully saturated rings. The van der Waals surface area contributed by atoms with Gasteiger partial charge in [-0.1, -0.05) is 69.3 Å². The molecule has 36 heavy (non-hydrogen) atoms. The molecule has 4 rings (SSSR count). The second-order valence-electron chi connectivity index (χ2n) is 10.8. The molecule has 1 atom stereocenters. The number of amides is 1. The first-order chi connectivity index (χ1) is 17.0. The molecule has 1 aromatic heterocycles. The van der Waals surface area contributed by atoms with Gasteiger partial charge in [-0.05, 0) is 54.0 Å². The van der Waals surface area contributed by atoms with Crippen LogP contribution in [-0.4, -0.2) is 30.8 Å². The third-order valence-electron chi connectivity index (χ3n) is 7.24. The monoisotopic (exact) mass is 500 g/mol. The molecule has 188 valence electrons. The molecule has 0 aliphatic rings. The van der Waals surface area contributed by atoms with Crippen molar-refractivity contribution in [1.29, 1.82) is 0 Å². The zero-order chi connectivity index (χ0) is 26.1. The molecule has 0 spiro atoms. The van der Waals surface area contributed by atoms with Crippen molar-refractivity contribution in [2.75, 3.05) is 17.7 Å². The van der Waals surface area contributed by atoms with E-state index in [1.54, 1.807) is 11.9 Å². The predicted molar refractivity (Wildman–Crippen MR) is 151 cm³/mol. The van der Waals surface area contributed by atoms with Crippen LogP contribution in [0.4, 0.5) is 11.6 Å². The Morgan fingerprint density at radius 3 is 2.25 bits per heavy atom. The average Bonchev–Trinajstić information content (AvgIpc) is 3.17. The molecule has 4 aromatic rings. The number of nitrogens with zero attached hydrogens (tertiary/aromatic N) is 3. The molecule has 0 saturated carbocycles. The highest BCUT2D eigenvalue weighted by Crippen LogP contribution is 2.40. The van der Waals surface area contributed by atoms with E-state index in [-0.39, 0.29) is 17.0 Å². The highest BCUT2D eigenvalue weighted by Gasteiger charge is 2.39. The lowest BCUT2D eigenvalue weighted by molar-refractivity contribution is 0.0993. The molecule has 2 N–H and O–H groups in total. The van der Waals surface area contributed by atoms with E-state index in [4.69, 9.17) is 10.2 Å². The quantitative estimate of drug-likeness (QED) is 0.288. The predicted octanol–water partition coefficient (Wildman–Crippen LogP) is 6.66. The highest BCUT2D eigenvalue weighted by atomic mass is 28.4. The van der Waals surface area contributed by atoms with Crippen molar-refractivity contribution < 1.29 is 9.22 Å². The second-order valence-corrected chi connectivity index (χ2v) is 15.5. The number of carbonyl (C=O) groups excluding carboxylic acids is 1. The van der Waals surface area contributed by atoms with Crippen molar-refractivity contribution in [3.8, 4) is 0 Å². The third kappa shape index (κ3) is 5.22. The van der Waals surface area contributed by atoms with Gasteiger partial charge in [0, 0.05) is 18.3 Å². The second kappa shape index (κ2) is 9.91. The number of hydrogen-bond acceptors (Lipinski definition) is 4. The number of hydrogen-bond donors (Lipinski definition) is 1. The van der Waals surface area contributed by atoms with Gasteiger partial charge in [-0.2, -0.15) is 0 Å². The van der Waals surface area contributed by atoms with E-state index >= 15 is 0 Å². The Hall–Kier alpha value is -3.42. The van der Waals surface area contributed by atoms with Crippen LogP contribution in [0.3, 0.4) is 0 Å². The molecule has 0 radical (unpaired) electrons. The number of carbonyl (C=O) groups is 1. The smallest absolute Gasteiger partial charge is 0.258 e. The summed E-state index contributed by atoms with van der Waals surface area (Å²) in [5.74, 6) is 0.355. The van der Waals surface area contributed by atoms with Crippen LogP contribution in [0.1, 0.15) is 42.8 Å². The van der Waals surface area contributed by atoms with Crippen molar-refractivity contribution in [3.63, 3.8) is 0 Å². The van der Waals surface area contributed by atoms with Crippen LogP contribution in [0, 0.1) is 0 Å². The molecule has 0 saturated heterocycles. The first kappa shape index (κ1) is 25.7. The number of imidazole rings is 1. The molecule has 0 bridgehead atoms. The fraction of sp³-hybridized carbons (Fsp3) is 0.310. The van der Waals surface area contributed by atoms with E-state index in [9.17, 15) is 4.79 Å². The summed E-state index contributed by atoms with van der Waals surface area (Å²) >= 11 is 0. The van der Waals surface area contributed by atoms with Crippen LogP contribution in [0.2, 0.25) is 18.1 Å². The lowest BCUT2D eigenvalue weighted by Gasteiger charge is -2.39. The van der Waals surface area contributed by atoms with Gasteiger partial charge in [0.2, 0.25) is 5.95 Å². The van der Waals surface area contributed by atoms with Crippen molar-refractivity contribution in [2.45, 2.75) is 51.6 Å². The minimum atomic E-state index is -2.06. The topological polar surface area (TPSA) is 73.4 Å². The van der Waals surface area contributed by atoms with Crippen LogP contribution < -0.4 is 10.6 Å². The fourth-order valence-corrected chi connectivity index (χ4v) is 5.28. The van der Waals surface area contributed by atoms with E-state index in [0.717, 1.165) is 22.3 Å². The van der Waals surface area contributed by atoms with E-state index < -0.39 is 8.32 Å². The summed E-state index contributed by atoms with van der Waals surface area (Å²) < 4.78 is 8.91. The summed E-state index contributed by atoms with van der Waals surface area (Å²) in [6, 6.07) is 25.4. The first-order valence-corrected chi connectivity index (χ1v) is 15.2. The third-order valence-corrected chi connectivity index (χ3v) is 11.7. The SMILES string of the molecule is CN(C(=O)c1ccccc1)c1ccc2c(c1)nc(N)n2C[C@H](O[Si](C)(C)C(C)(C)C)c1ccccc1. The Morgan fingerprint density at radius 2 is 1.64 bits per heavy atom. The minimum Gasteiger partial charge on any atom is -0.408 e. The summed E-state index contributed by atoms with van der Waals surface area (Å²) in [6.45, 7) is 11.8. The number of anilines is 2. The maximum atomic E-state index is 12.9. The van der Waals surface area contributed by atoms with Gasteiger partial charge < -0.3 is 19.6 Å². The lowest BCUT2D eigenvalue weighted by Crippen LogP contribution is -2.42. The first-order valence-electron chi connectivity index (χ1n) is 12.3. The Bertz CT molecular complexity index is 1340. The zero-order valence-corrected chi connectivity index (χ0v) is 23.0. The molecule has 0 unspecified atom stereocenters. The van der Waals surface area contributed by atoms with Crippen LogP contribution in [0.15, 0.2) is 78.9 Å². The van der Waals surface area contributed by atoms with Crippen molar-refractivity contribution in [3.05, 3.63) is 90.0 Å². The summed E-state index contributed by atoms with van der Waals surface area (Å²) in [4.78, 5) is 19.2. The van der Waals surface area contributed by atoms with Gasteiger partial charge in [-0.25, -0.2) is 4.98 Å². The minimum absolute atomic E-state index is 0.0748. The van der Waals surface area contributed by atoms with E-state index in [2.05, 4.69) is 51.0 Å². The molecule has 1 heterocycles. The number of nitrogens with two attached hydrogens (primary N) is 1. The van der Waals surface area contributed by atoms with Crippen LogP contribution >= 0.6 is 0 Å². The molecule has 0 aliphatic carbocycles. The number of fused-ring (bicyclic) bond motifs is 1. The van der Waals surface area contributed by atoms with Gasteiger partial charge in [-0.3, -0.25) is 4.79 Å². The maximum absolute atomic E-state index is 12.9. The lowest BCUT2D eigenvalue weighted by atomic mass is 10.1. The largest absolute Gasteiger partial charge is 0.408 e. The van der Waals surface area contributed by atoms with Crippen LogP contribution in [0.25, 0.3) is 11.0 Å². The number of benzene rings is 3. The van der Waals surface area contributed by atoms with Gasteiger partial charge in [0.05, 0.1) is 23.7 Å². The standard InChI is InChI=1S/C29H36N4O2Si/c1-29(2,3)36(5,6)35-26(21-13-9-7-10-14-21)20-33-25-18-17-23(19-24(25)31-28(33)30)32(4)27(34)22-15-11-8-12-16-22/h7-19,26H,20H2,1-6H3,(H2,30,31)/t26-/m0/s1. The summed E-state index contributed by atoms with van der Waals surface area (Å²) in [7, 11) is -0.283. The highest BCUT2D eigenvalue weighted by molar-refractivity contribution is 6.74. The summed E-state index contributed by atoms with van der Waals surface area (Å²) in [6.07, 6.45) is -0.159. The molecular formula is C29H36N4O2Si. The summed E-state index contributed by atoms with van der Waals surface area (Å²) in [5, 5.41) is 0.0767. The van der Waals surface area contributed by atoms with Crippen LogP contribution in [0.5, 0.6) is 0 Å². The van der Waals surface area contributed by atoms with E-state index in [0.29, 0.717) is 18.1 Å². The number of nitrogen functional groups attached to an aromatic ring is 1. The van der Waals surface area contributed by atoms with Crippen molar-refractivity contribution >= 4 is 36.9 Å². The fourth-order valence-electron chi connectivity index (χ4n) is 4.01. The van der Waals surface area contributed by atoms with Gasteiger partial charge in [0.15, 0.2) is 8.32 Å². The van der Waals surface area contributed by atoms with E-state index in [1.165, 1.54) is 0 Å². The number of aromatic nitrogens is 2. The van der Waals surface area contributed by atoms with Gasteiger partial charge in [0.1, 0.15) is 0 Å². The Kier molecular flexibility index (Phi) is 7.07. The molecule has 7 heteroatoms. The molecule has 6 nitrogen and oxygen atoms in total. The molecule has 0 aliphatic heterocycles. The molecule has 1 amide bonds. The normalized spacial score (nSPS) is 13.1. The Morgan fingerprint density at radius 1 is 1.03 bits per heavy atom. The van der Waals surface area contributed by atoms with Gasteiger partial charge >= 0.3 is 0 Å². The van der Waals surface area contributed by atoms with Gasteiger partial charge in [0.25, 0.3) is 5.91 Å². The average molecular weight is 501 g/mol. The van der Waals surface area contributed by atoms with Crippen molar-refractivity contribution in [2.24, 2.45) is 0 Å². The van der Waals surface area contributed by atoms with Crippen molar-refractivity contribution in [1.82, 2.24) is 9.55 Å². The van der Waals surface area contributed by atoms with E-state index in [1.807, 2.05) is 71.3 Å². The Labute approximate surface area is 214 Å². The maximum Gasteiger partial charge on any atom is 0.258 e. The molecule has 3 aromatic carbocycles. The number of rotatable bonds is 7. The van der Waals surface area contributed by atoms with Crippen LogP contribution in [-0.2, 0) is 11.0 Å². The summed E-state index contributed by atoms with van der Waals surface area (Å²) in [5.41, 5.74) is 10.6. The Balaban J connectivity index is 1.67.